The Morgan fingerprint density at radius 2 is 2.56 bits per heavy atom. The van der Waals surface area contributed by atoms with Gasteiger partial charge in [0.05, 0.1) is 4.95 Å². The van der Waals surface area contributed by atoms with Crippen molar-refractivity contribution >= 4 is 15.9 Å². The van der Waals surface area contributed by atoms with Crippen molar-refractivity contribution in [3.05, 3.63) is 24.0 Å². The molecule has 1 heterocycles. The summed E-state index contributed by atoms with van der Waals surface area (Å²) in [4.78, 5) is 3.24. The summed E-state index contributed by atoms with van der Waals surface area (Å²) in [7, 11) is 1.91. The Balaban J connectivity index is 2.65. The summed E-state index contributed by atoms with van der Waals surface area (Å²) in [6, 6.07) is 2.02. The van der Waals surface area contributed by atoms with Crippen LogP contribution in [0.1, 0.15) is 10.5 Å². The maximum Gasteiger partial charge on any atom is 0.0898 e. The van der Waals surface area contributed by atoms with Gasteiger partial charge in [0.25, 0.3) is 0 Å². The molecule has 0 aliphatic carbocycles. The van der Waals surface area contributed by atoms with Crippen molar-refractivity contribution in [2.24, 2.45) is 0 Å². The minimum atomic E-state index is 0.267. The van der Waals surface area contributed by atoms with Gasteiger partial charge in [-0.1, -0.05) is 15.9 Å². The summed E-state index contributed by atoms with van der Waals surface area (Å²) in [5.74, 6) is 0. The first-order valence-corrected chi connectivity index (χ1v) is 3.70. The van der Waals surface area contributed by atoms with Crippen LogP contribution in [0.5, 0.6) is 0 Å². The molecule has 0 aliphatic rings. The Morgan fingerprint density at radius 1 is 1.78 bits per heavy atom. The van der Waals surface area contributed by atoms with E-state index < -0.39 is 0 Å². The zero-order chi connectivity index (χ0) is 6.69. The van der Waals surface area contributed by atoms with Gasteiger partial charge >= 0.3 is 0 Å². The van der Waals surface area contributed by atoms with Crippen LogP contribution in [0, 0.1) is 0 Å². The van der Waals surface area contributed by atoms with Crippen LogP contribution in [-0.4, -0.2) is 12.0 Å². The lowest BCUT2D eigenvalue weighted by Gasteiger charge is -2.03. The van der Waals surface area contributed by atoms with Crippen LogP contribution in [0.4, 0.5) is 0 Å². The van der Waals surface area contributed by atoms with Crippen LogP contribution in [0.25, 0.3) is 0 Å². The Labute approximate surface area is 62.8 Å². The number of hydrogen-bond donors (Lipinski definition) is 2. The molecule has 0 amide bonds. The maximum absolute atomic E-state index is 3.43. The summed E-state index contributed by atoms with van der Waals surface area (Å²) in [5, 5.41) is 3.06. The monoisotopic (exact) mass is 188 g/mol. The molecule has 50 valence electrons. The predicted octanol–water partition coefficient (Wildman–Crippen LogP) is 1.63. The third kappa shape index (κ3) is 1.56. The van der Waals surface area contributed by atoms with Crippen molar-refractivity contribution in [1.82, 2.24) is 10.3 Å². The Morgan fingerprint density at radius 3 is 3.00 bits per heavy atom. The molecule has 9 heavy (non-hydrogen) atoms. The molecule has 0 saturated carbocycles. The Bertz CT molecular complexity index is 160. The van der Waals surface area contributed by atoms with Gasteiger partial charge in [0.15, 0.2) is 0 Å². The standard InChI is InChI=1S/C6H9BrN2/c1-8-6(7)5-2-3-9-4-5/h2-4,6,8-9H,1H3. The number of halogens is 1. The lowest BCUT2D eigenvalue weighted by molar-refractivity contribution is 0.809. The van der Waals surface area contributed by atoms with E-state index in [9.17, 15) is 0 Å². The van der Waals surface area contributed by atoms with Crippen LogP contribution in [-0.2, 0) is 0 Å². The van der Waals surface area contributed by atoms with Gasteiger partial charge in [-0.05, 0) is 18.7 Å². The average Bonchev–Trinajstić information content (AvgIpc) is 2.37. The fraction of sp³-hybridized carbons (Fsp3) is 0.333. The summed E-state index contributed by atoms with van der Waals surface area (Å²) >= 11 is 3.43. The van der Waals surface area contributed by atoms with Crippen LogP contribution in [0.2, 0.25) is 0 Å². The summed E-state index contributed by atoms with van der Waals surface area (Å²) < 4.78 is 0. The van der Waals surface area contributed by atoms with E-state index in [0.29, 0.717) is 0 Å². The van der Waals surface area contributed by atoms with Crippen molar-refractivity contribution in [2.75, 3.05) is 7.05 Å². The molecule has 2 nitrogen and oxygen atoms in total. The van der Waals surface area contributed by atoms with Gasteiger partial charge in [0, 0.05) is 12.4 Å². The van der Waals surface area contributed by atoms with E-state index in [1.165, 1.54) is 5.56 Å². The number of rotatable bonds is 2. The highest BCUT2D eigenvalue weighted by Gasteiger charge is 2.01. The second-order valence-electron chi connectivity index (χ2n) is 1.80. The quantitative estimate of drug-likeness (QED) is 0.537. The molecule has 1 unspecified atom stereocenters. The van der Waals surface area contributed by atoms with E-state index in [2.05, 4.69) is 26.2 Å². The smallest absolute Gasteiger partial charge is 0.0898 e. The summed E-state index contributed by atoms with van der Waals surface area (Å²) in [5.41, 5.74) is 1.22. The number of aromatic amines is 1. The van der Waals surface area contributed by atoms with E-state index in [-0.39, 0.29) is 4.95 Å². The lowest BCUT2D eigenvalue weighted by Crippen LogP contribution is -2.07. The summed E-state index contributed by atoms with van der Waals surface area (Å²) in [6.07, 6.45) is 3.86. The highest BCUT2D eigenvalue weighted by molar-refractivity contribution is 9.09. The SMILES string of the molecule is CNC(Br)c1cc[nH]c1. The zero-order valence-corrected chi connectivity index (χ0v) is 6.77. The second kappa shape index (κ2) is 3.03. The van der Waals surface area contributed by atoms with Gasteiger partial charge < -0.3 is 10.3 Å². The highest BCUT2D eigenvalue weighted by atomic mass is 79.9. The molecule has 0 radical (unpaired) electrons. The molecule has 1 rings (SSSR count). The number of nitrogens with one attached hydrogen (secondary N) is 2. The Kier molecular flexibility index (Phi) is 2.30. The fourth-order valence-corrected chi connectivity index (χ4v) is 0.946. The van der Waals surface area contributed by atoms with Gasteiger partial charge in [-0.3, -0.25) is 0 Å². The fourth-order valence-electron chi connectivity index (χ4n) is 0.661. The van der Waals surface area contributed by atoms with Gasteiger partial charge in [-0.25, -0.2) is 0 Å². The maximum atomic E-state index is 3.43. The molecule has 2 N–H and O–H groups in total. The van der Waals surface area contributed by atoms with Gasteiger partial charge in [-0.15, -0.1) is 0 Å². The number of aromatic nitrogens is 1. The minimum Gasteiger partial charge on any atom is -0.367 e. The molecule has 1 atom stereocenters. The summed E-state index contributed by atoms with van der Waals surface area (Å²) in [6.45, 7) is 0. The van der Waals surface area contributed by atoms with Crippen molar-refractivity contribution in [3.63, 3.8) is 0 Å². The van der Waals surface area contributed by atoms with E-state index >= 15 is 0 Å². The molecular weight excluding hydrogens is 180 g/mol. The van der Waals surface area contributed by atoms with Crippen molar-refractivity contribution < 1.29 is 0 Å². The van der Waals surface area contributed by atoms with E-state index in [4.69, 9.17) is 0 Å². The molecule has 1 aromatic heterocycles. The van der Waals surface area contributed by atoms with Crippen molar-refractivity contribution in [3.8, 4) is 0 Å². The van der Waals surface area contributed by atoms with Crippen molar-refractivity contribution in [1.29, 1.82) is 0 Å². The third-order valence-electron chi connectivity index (χ3n) is 1.17. The molecule has 3 heteroatoms. The predicted molar refractivity (Wildman–Crippen MR) is 41.5 cm³/mol. The van der Waals surface area contributed by atoms with Crippen molar-refractivity contribution in [2.45, 2.75) is 4.95 Å². The van der Waals surface area contributed by atoms with Gasteiger partial charge in [-0.2, -0.15) is 0 Å². The molecule has 0 aromatic carbocycles. The first-order valence-electron chi connectivity index (χ1n) is 2.78. The number of alkyl halides is 1. The molecule has 1 aromatic rings. The number of H-pyrrole nitrogens is 1. The molecule has 0 fully saturated rings. The molecule has 0 saturated heterocycles. The highest BCUT2D eigenvalue weighted by Crippen LogP contribution is 2.16. The van der Waals surface area contributed by atoms with Crippen LogP contribution in [0.3, 0.4) is 0 Å². The van der Waals surface area contributed by atoms with Gasteiger partial charge in [0.1, 0.15) is 0 Å². The minimum absolute atomic E-state index is 0.267. The zero-order valence-electron chi connectivity index (χ0n) is 5.19. The van der Waals surface area contributed by atoms with Crippen LogP contribution >= 0.6 is 15.9 Å². The molecular formula is C6H9BrN2. The first-order chi connectivity index (χ1) is 4.34. The lowest BCUT2D eigenvalue weighted by atomic mass is 10.3. The van der Waals surface area contributed by atoms with E-state index in [0.717, 1.165) is 0 Å². The van der Waals surface area contributed by atoms with Crippen LogP contribution in [0.15, 0.2) is 18.5 Å². The van der Waals surface area contributed by atoms with E-state index in [1.807, 2.05) is 25.5 Å². The second-order valence-corrected chi connectivity index (χ2v) is 2.71. The van der Waals surface area contributed by atoms with E-state index in [1.54, 1.807) is 0 Å². The largest absolute Gasteiger partial charge is 0.367 e. The van der Waals surface area contributed by atoms with Gasteiger partial charge in [0.2, 0.25) is 0 Å². The molecule has 0 bridgehead atoms. The first kappa shape index (κ1) is 6.83. The normalized spacial score (nSPS) is 13.6. The average molecular weight is 189 g/mol. The molecule has 0 spiro atoms. The Hall–Kier alpha value is -0.280. The topological polar surface area (TPSA) is 27.8 Å². The van der Waals surface area contributed by atoms with Crippen LogP contribution < -0.4 is 5.32 Å². The molecule has 0 aliphatic heterocycles. The number of hydrogen-bond acceptors (Lipinski definition) is 1. The third-order valence-corrected chi connectivity index (χ3v) is 2.15.